The molecule has 28 heavy (non-hydrogen) atoms. The number of alkyl halides is 1. The molecule has 1 aliphatic heterocycles. The third-order valence-electron chi connectivity index (χ3n) is 3.94. The number of aliphatic imine (C=N–C) groups is 1. The summed E-state index contributed by atoms with van der Waals surface area (Å²) in [7, 11) is 0. The number of nitrogens with two attached hydrogens (primary N) is 1. The minimum Gasteiger partial charge on any atom is -0.428 e. The minimum atomic E-state index is -1.36. The monoisotopic (exact) mass is 410 g/mol. The lowest BCUT2D eigenvalue weighted by atomic mass is 9.90. The van der Waals surface area contributed by atoms with E-state index < -0.39 is 35.4 Å². The fourth-order valence-corrected chi connectivity index (χ4v) is 2.87. The Morgan fingerprint density at radius 3 is 2.75 bits per heavy atom. The predicted octanol–water partition coefficient (Wildman–Crippen LogP) is 3.68. The van der Waals surface area contributed by atoms with Crippen molar-refractivity contribution in [2.45, 2.75) is 12.5 Å². The first-order valence-electron chi connectivity index (χ1n) is 7.95. The molecule has 0 fully saturated rings. The van der Waals surface area contributed by atoms with Crippen LogP contribution in [-0.2, 0) is 10.3 Å². The lowest BCUT2D eigenvalue weighted by molar-refractivity contribution is 0.101. The second kappa shape index (κ2) is 7.51. The van der Waals surface area contributed by atoms with Gasteiger partial charge in [0.2, 0.25) is 0 Å². The highest BCUT2D eigenvalue weighted by atomic mass is 35.5. The minimum absolute atomic E-state index is 0.00652. The fourth-order valence-electron chi connectivity index (χ4n) is 2.73. The van der Waals surface area contributed by atoms with Gasteiger partial charge in [0.25, 0.3) is 11.9 Å². The molecule has 0 radical (unpaired) electrons. The van der Waals surface area contributed by atoms with Crippen LogP contribution in [0, 0.1) is 11.6 Å². The van der Waals surface area contributed by atoms with Crippen LogP contribution in [0.3, 0.4) is 0 Å². The summed E-state index contributed by atoms with van der Waals surface area (Å²) in [6, 6.07) is 4.28. The molecule has 2 aromatic rings. The molecule has 1 aromatic carbocycles. The molecule has 6 nitrogen and oxygen atoms in total. The number of nitrogens with zero attached hydrogens (tertiary/aromatic N) is 2. The molecular formula is C18H14ClF3N4O2. The van der Waals surface area contributed by atoms with Crippen LogP contribution >= 0.6 is 11.6 Å². The Morgan fingerprint density at radius 2 is 2.07 bits per heavy atom. The van der Waals surface area contributed by atoms with Crippen LogP contribution in [0.25, 0.3) is 0 Å². The number of carbonyl (C=O) groups is 1. The van der Waals surface area contributed by atoms with E-state index >= 15 is 0 Å². The third-order valence-corrected chi connectivity index (χ3v) is 4.15. The van der Waals surface area contributed by atoms with E-state index in [4.69, 9.17) is 22.1 Å². The first kappa shape index (κ1) is 19.7. The Labute approximate surface area is 162 Å². The van der Waals surface area contributed by atoms with Gasteiger partial charge in [-0.15, -0.1) is 0 Å². The van der Waals surface area contributed by atoms with Crippen molar-refractivity contribution in [1.29, 1.82) is 0 Å². The van der Waals surface area contributed by atoms with Gasteiger partial charge < -0.3 is 15.8 Å². The number of anilines is 1. The van der Waals surface area contributed by atoms with Crippen LogP contribution in [0.4, 0.5) is 18.9 Å². The Hall–Kier alpha value is -3.07. The van der Waals surface area contributed by atoms with E-state index in [1.54, 1.807) is 0 Å². The molecule has 1 aliphatic rings. The number of amidine groups is 1. The highest BCUT2D eigenvalue weighted by Crippen LogP contribution is 2.35. The van der Waals surface area contributed by atoms with Gasteiger partial charge in [-0.1, -0.05) is 11.6 Å². The summed E-state index contributed by atoms with van der Waals surface area (Å²) < 4.78 is 46.3. The zero-order valence-corrected chi connectivity index (χ0v) is 15.2. The van der Waals surface area contributed by atoms with E-state index in [0.29, 0.717) is 0 Å². The number of hydrogen-bond acceptors (Lipinski definition) is 5. The van der Waals surface area contributed by atoms with Gasteiger partial charge in [-0.2, -0.15) is 0 Å². The molecule has 1 atom stereocenters. The number of ether oxygens (including phenoxy) is 1. The molecule has 10 heteroatoms. The maximum atomic E-state index is 14.5. The molecule has 3 rings (SSSR count). The Balaban J connectivity index is 1.95. The normalized spacial score (nSPS) is 18.8. The van der Waals surface area contributed by atoms with Crippen molar-refractivity contribution < 1.29 is 22.7 Å². The number of aromatic nitrogens is 1. The quantitative estimate of drug-likeness (QED) is 0.804. The van der Waals surface area contributed by atoms with Crippen LogP contribution in [0.15, 0.2) is 47.3 Å². The van der Waals surface area contributed by atoms with Crippen LogP contribution in [0.1, 0.15) is 23.0 Å². The molecule has 1 aromatic heterocycles. The molecule has 1 amide bonds. The summed E-state index contributed by atoms with van der Waals surface area (Å²) in [6.07, 6.45) is 2.41. The molecule has 0 unspecified atom stereocenters. The Bertz CT molecular complexity index is 1010. The fraction of sp³-hybridized carbons (Fsp3) is 0.167. The molecule has 0 aliphatic carbocycles. The number of carbonyl (C=O) groups excluding carboxylic acids is 1. The van der Waals surface area contributed by atoms with Gasteiger partial charge in [0, 0.05) is 17.4 Å². The van der Waals surface area contributed by atoms with E-state index in [1.807, 2.05) is 0 Å². The molecule has 3 N–H and O–H groups in total. The van der Waals surface area contributed by atoms with Gasteiger partial charge in [-0.25, -0.2) is 23.1 Å². The standard InChI is InChI=1S/C18H14ClF3N4O2/c1-18(6-11(7-20)28-17(23)26-18)12-5-10(2-3-13(12)21)25-16(27)15-14(22)4-9(19)8-24-15/h2-6,8H,7H2,1H3,(H2,23,26)(H,25,27)/t18-/m0/s1. The van der Waals surface area contributed by atoms with Gasteiger partial charge in [0.05, 0.1) is 5.02 Å². The van der Waals surface area contributed by atoms with Crippen molar-refractivity contribution >= 4 is 29.2 Å². The Kier molecular flexibility index (Phi) is 5.28. The van der Waals surface area contributed by atoms with Gasteiger partial charge in [0.1, 0.15) is 23.8 Å². The first-order chi connectivity index (χ1) is 13.2. The van der Waals surface area contributed by atoms with E-state index in [1.165, 1.54) is 25.1 Å². The lowest BCUT2D eigenvalue weighted by Gasteiger charge is -2.28. The summed E-state index contributed by atoms with van der Waals surface area (Å²) in [6.45, 7) is 0.549. The molecule has 0 spiro atoms. The van der Waals surface area contributed by atoms with Crippen molar-refractivity contribution in [2.24, 2.45) is 10.7 Å². The summed E-state index contributed by atoms with van der Waals surface area (Å²) in [5, 5.41) is 2.46. The zero-order valence-electron chi connectivity index (χ0n) is 14.5. The number of benzene rings is 1. The van der Waals surface area contributed by atoms with Crippen molar-refractivity contribution in [3.63, 3.8) is 0 Å². The van der Waals surface area contributed by atoms with E-state index in [2.05, 4.69) is 15.3 Å². The number of allylic oxidation sites excluding steroid dienone is 1. The second-order valence-corrected chi connectivity index (χ2v) is 6.51. The summed E-state index contributed by atoms with van der Waals surface area (Å²) in [4.78, 5) is 20.0. The van der Waals surface area contributed by atoms with E-state index in [-0.39, 0.29) is 28.1 Å². The van der Waals surface area contributed by atoms with Crippen LogP contribution in [-0.4, -0.2) is 23.6 Å². The number of halogens is 4. The molecule has 0 saturated heterocycles. The zero-order chi connectivity index (χ0) is 20.5. The highest BCUT2D eigenvalue weighted by Gasteiger charge is 2.32. The van der Waals surface area contributed by atoms with Gasteiger partial charge in [0.15, 0.2) is 11.5 Å². The topological polar surface area (TPSA) is 89.6 Å². The third kappa shape index (κ3) is 3.94. The van der Waals surface area contributed by atoms with Crippen molar-refractivity contribution in [2.75, 3.05) is 12.0 Å². The van der Waals surface area contributed by atoms with Crippen molar-refractivity contribution in [3.8, 4) is 0 Å². The highest BCUT2D eigenvalue weighted by molar-refractivity contribution is 6.30. The molecule has 146 valence electrons. The van der Waals surface area contributed by atoms with Crippen LogP contribution in [0.2, 0.25) is 5.02 Å². The molecule has 0 saturated carbocycles. The number of pyridine rings is 1. The predicted molar refractivity (Wildman–Crippen MR) is 97.7 cm³/mol. The number of rotatable bonds is 4. The Morgan fingerprint density at radius 1 is 1.32 bits per heavy atom. The largest absolute Gasteiger partial charge is 0.428 e. The average molecular weight is 411 g/mol. The summed E-state index contributed by atoms with van der Waals surface area (Å²) >= 11 is 5.62. The number of nitrogens with one attached hydrogen (secondary N) is 1. The number of hydrogen-bond donors (Lipinski definition) is 2. The van der Waals surface area contributed by atoms with Crippen LogP contribution < -0.4 is 11.1 Å². The summed E-state index contributed by atoms with van der Waals surface area (Å²) in [5.74, 6) is -2.54. The van der Waals surface area contributed by atoms with Gasteiger partial charge in [-0.3, -0.25) is 4.79 Å². The smallest absolute Gasteiger partial charge is 0.288 e. The SMILES string of the molecule is C[C@@]1(c2cc(NC(=O)c3ncc(Cl)cc3F)ccc2F)C=C(CF)OC(N)=N1. The summed E-state index contributed by atoms with van der Waals surface area (Å²) in [5.41, 5.74) is 3.87. The molecule has 0 bridgehead atoms. The van der Waals surface area contributed by atoms with Gasteiger partial charge >= 0.3 is 0 Å². The van der Waals surface area contributed by atoms with Crippen LogP contribution in [0.5, 0.6) is 0 Å². The van der Waals surface area contributed by atoms with Crippen molar-refractivity contribution in [1.82, 2.24) is 4.98 Å². The molecular weight excluding hydrogens is 397 g/mol. The molecule has 2 heterocycles. The number of amides is 1. The van der Waals surface area contributed by atoms with Crippen molar-refractivity contribution in [3.05, 3.63) is 70.2 Å². The first-order valence-corrected chi connectivity index (χ1v) is 8.33. The second-order valence-electron chi connectivity index (χ2n) is 6.08. The maximum Gasteiger partial charge on any atom is 0.288 e. The maximum absolute atomic E-state index is 14.5. The lowest BCUT2D eigenvalue weighted by Crippen LogP contribution is -2.31. The van der Waals surface area contributed by atoms with E-state index in [0.717, 1.165) is 18.3 Å². The van der Waals surface area contributed by atoms with E-state index in [9.17, 15) is 18.0 Å². The average Bonchev–Trinajstić information content (AvgIpc) is 2.62. The van der Waals surface area contributed by atoms with Gasteiger partial charge in [-0.05, 0) is 37.3 Å².